The van der Waals surface area contributed by atoms with Crippen LogP contribution in [0.1, 0.15) is 0 Å². The zero-order valence-corrected chi connectivity index (χ0v) is 12.0. The molecule has 2 aromatic rings. The van der Waals surface area contributed by atoms with Gasteiger partial charge >= 0.3 is 5.97 Å². The number of halogens is 1. The van der Waals surface area contributed by atoms with Crippen LogP contribution < -0.4 is 0 Å². The molecule has 5 nitrogen and oxygen atoms in total. The molecular weight excluding hydrogens is 326 g/mol. The third kappa shape index (κ3) is 3.08. The molecule has 2 heterocycles. The van der Waals surface area contributed by atoms with Crippen LogP contribution in [-0.2, 0) is 11.8 Å². The second-order valence-electron chi connectivity index (χ2n) is 3.16. The third-order valence-corrected chi connectivity index (χ3v) is 4.38. The Bertz CT molecular complexity index is 552. The second-order valence-corrected chi connectivity index (χ2v) is 6.40. The normalized spacial score (nSPS) is 10.7. The van der Waals surface area contributed by atoms with Crippen molar-refractivity contribution in [1.29, 1.82) is 0 Å². The summed E-state index contributed by atoms with van der Waals surface area (Å²) in [7, 11) is 1.75. The maximum absolute atomic E-state index is 10.5. The van der Waals surface area contributed by atoms with Crippen molar-refractivity contribution in [1.82, 2.24) is 14.8 Å². The first-order chi connectivity index (χ1) is 8.06. The maximum atomic E-state index is 10.5. The monoisotopic (exact) mass is 333 g/mol. The molecule has 0 spiro atoms. The van der Waals surface area contributed by atoms with E-state index in [4.69, 9.17) is 5.11 Å². The summed E-state index contributed by atoms with van der Waals surface area (Å²) in [4.78, 5) is 14.8. The van der Waals surface area contributed by atoms with Gasteiger partial charge in [-0.2, -0.15) is 5.10 Å². The van der Waals surface area contributed by atoms with E-state index >= 15 is 0 Å². The largest absolute Gasteiger partial charge is 0.481 e. The molecule has 0 atom stereocenters. The molecule has 0 unspecified atom stereocenters. The number of carboxylic acid groups (broad SMARTS) is 1. The molecule has 0 aliphatic rings. The lowest BCUT2D eigenvalue weighted by Gasteiger charge is -1.94. The van der Waals surface area contributed by atoms with Gasteiger partial charge in [0.2, 0.25) is 0 Å². The van der Waals surface area contributed by atoms with Gasteiger partial charge in [-0.05, 0) is 22.0 Å². The predicted molar refractivity (Wildman–Crippen MR) is 70.4 cm³/mol. The molecule has 90 valence electrons. The predicted octanol–water partition coefficient (Wildman–Crippen LogP) is 2.48. The van der Waals surface area contributed by atoms with Crippen LogP contribution in [0.3, 0.4) is 0 Å². The number of nitrogens with zero attached hydrogens (tertiary/aromatic N) is 3. The van der Waals surface area contributed by atoms with Gasteiger partial charge in [-0.15, -0.1) is 11.3 Å². The van der Waals surface area contributed by atoms with Crippen molar-refractivity contribution in [2.45, 2.75) is 5.16 Å². The van der Waals surface area contributed by atoms with Gasteiger partial charge in [-0.25, -0.2) is 9.67 Å². The lowest BCUT2D eigenvalue weighted by molar-refractivity contribution is -0.133. The van der Waals surface area contributed by atoms with Gasteiger partial charge < -0.3 is 5.11 Å². The fraction of sp³-hybridized carbons (Fsp3) is 0.222. The van der Waals surface area contributed by atoms with E-state index in [9.17, 15) is 4.79 Å². The molecule has 0 aliphatic heterocycles. The first-order valence-electron chi connectivity index (χ1n) is 4.56. The molecule has 0 amide bonds. The summed E-state index contributed by atoms with van der Waals surface area (Å²) in [6, 6.07) is 1.94. The van der Waals surface area contributed by atoms with Gasteiger partial charge in [0.25, 0.3) is 0 Å². The summed E-state index contributed by atoms with van der Waals surface area (Å²) < 4.78 is 2.61. The van der Waals surface area contributed by atoms with Crippen molar-refractivity contribution in [3.05, 3.63) is 15.2 Å². The van der Waals surface area contributed by atoms with Crippen LogP contribution in [0.25, 0.3) is 11.4 Å². The molecule has 0 aliphatic carbocycles. The lowest BCUT2D eigenvalue weighted by atomic mass is 10.3. The van der Waals surface area contributed by atoms with Crippen molar-refractivity contribution in [3.8, 4) is 11.4 Å². The van der Waals surface area contributed by atoms with Crippen LogP contribution in [0, 0.1) is 0 Å². The summed E-state index contributed by atoms with van der Waals surface area (Å²) >= 11 is 6.10. The average molecular weight is 334 g/mol. The van der Waals surface area contributed by atoms with Crippen LogP contribution in [0.4, 0.5) is 0 Å². The van der Waals surface area contributed by atoms with Gasteiger partial charge in [0, 0.05) is 18.0 Å². The summed E-state index contributed by atoms with van der Waals surface area (Å²) in [5.41, 5.74) is 0.930. The Morgan fingerprint density at radius 3 is 3.06 bits per heavy atom. The minimum absolute atomic E-state index is 0.0146. The molecule has 1 N–H and O–H groups in total. The van der Waals surface area contributed by atoms with E-state index < -0.39 is 5.97 Å². The first kappa shape index (κ1) is 12.6. The van der Waals surface area contributed by atoms with E-state index in [-0.39, 0.29) is 5.75 Å². The number of aryl methyl sites for hydroxylation is 1. The minimum Gasteiger partial charge on any atom is -0.481 e. The SMILES string of the molecule is Cn1nc(-c2csc(Br)c2)nc1SCC(=O)O. The highest BCUT2D eigenvalue weighted by atomic mass is 79.9. The average Bonchev–Trinajstić information content (AvgIpc) is 2.82. The quantitative estimate of drug-likeness (QED) is 0.870. The third-order valence-electron chi connectivity index (χ3n) is 1.87. The van der Waals surface area contributed by atoms with Gasteiger partial charge in [-0.3, -0.25) is 4.79 Å². The Hall–Kier alpha value is -0.860. The number of rotatable bonds is 4. The molecule has 0 fully saturated rings. The van der Waals surface area contributed by atoms with Crippen LogP contribution >= 0.6 is 39.0 Å². The number of aliphatic carboxylic acids is 1. The second kappa shape index (κ2) is 5.19. The zero-order valence-electron chi connectivity index (χ0n) is 8.75. The Balaban J connectivity index is 2.21. The van der Waals surface area contributed by atoms with Crippen LogP contribution in [0.15, 0.2) is 20.4 Å². The fourth-order valence-electron chi connectivity index (χ4n) is 1.17. The van der Waals surface area contributed by atoms with Crippen molar-refractivity contribution in [3.63, 3.8) is 0 Å². The maximum Gasteiger partial charge on any atom is 0.313 e. The Morgan fingerprint density at radius 1 is 1.71 bits per heavy atom. The van der Waals surface area contributed by atoms with E-state index in [2.05, 4.69) is 26.0 Å². The Labute approximate surface area is 114 Å². The highest BCUT2D eigenvalue weighted by Crippen LogP contribution is 2.28. The van der Waals surface area contributed by atoms with E-state index in [1.165, 1.54) is 0 Å². The van der Waals surface area contributed by atoms with Crippen molar-refractivity contribution in [2.24, 2.45) is 7.05 Å². The molecule has 0 radical (unpaired) electrons. The first-order valence-corrected chi connectivity index (χ1v) is 7.22. The Kier molecular flexibility index (Phi) is 3.85. The summed E-state index contributed by atoms with van der Waals surface area (Å²) in [5, 5.41) is 15.4. The van der Waals surface area contributed by atoms with Crippen molar-refractivity contribution >= 4 is 45.0 Å². The van der Waals surface area contributed by atoms with Crippen molar-refractivity contribution in [2.75, 3.05) is 5.75 Å². The number of hydrogen-bond acceptors (Lipinski definition) is 5. The van der Waals surface area contributed by atoms with E-state index in [0.29, 0.717) is 11.0 Å². The van der Waals surface area contributed by atoms with E-state index in [1.54, 1.807) is 23.1 Å². The molecule has 8 heteroatoms. The lowest BCUT2D eigenvalue weighted by Crippen LogP contribution is -2.00. The molecule has 0 aromatic carbocycles. The minimum atomic E-state index is -0.863. The highest BCUT2D eigenvalue weighted by Gasteiger charge is 2.12. The number of aromatic nitrogens is 3. The smallest absolute Gasteiger partial charge is 0.313 e. The van der Waals surface area contributed by atoms with E-state index in [1.807, 2.05) is 11.4 Å². The highest BCUT2D eigenvalue weighted by molar-refractivity contribution is 9.11. The fourth-order valence-corrected chi connectivity index (χ4v) is 2.94. The van der Waals surface area contributed by atoms with Gasteiger partial charge in [-0.1, -0.05) is 11.8 Å². The zero-order chi connectivity index (χ0) is 12.4. The molecular formula is C9H8BrN3O2S2. The summed E-state index contributed by atoms with van der Waals surface area (Å²) in [5.74, 6) is -0.264. The number of carboxylic acids is 1. The molecule has 0 saturated heterocycles. The summed E-state index contributed by atoms with van der Waals surface area (Å²) in [6.07, 6.45) is 0. The van der Waals surface area contributed by atoms with E-state index in [0.717, 1.165) is 21.1 Å². The Morgan fingerprint density at radius 2 is 2.47 bits per heavy atom. The molecule has 17 heavy (non-hydrogen) atoms. The molecule has 0 bridgehead atoms. The van der Waals surface area contributed by atoms with Crippen LogP contribution in [0.2, 0.25) is 0 Å². The van der Waals surface area contributed by atoms with Crippen molar-refractivity contribution < 1.29 is 9.90 Å². The molecule has 2 aromatic heterocycles. The standard InChI is InChI=1S/C9H8BrN3O2S2/c1-13-9(17-4-7(14)15)11-8(12-13)5-2-6(10)16-3-5/h2-3H,4H2,1H3,(H,14,15). The number of hydrogen-bond donors (Lipinski definition) is 1. The number of thioether (sulfide) groups is 1. The van der Waals surface area contributed by atoms with Gasteiger partial charge in [0.15, 0.2) is 11.0 Å². The van der Waals surface area contributed by atoms with Gasteiger partial charge in [0.05, 0.1) is 9.54 Å². The van der Waals surface area contributed by atoms with Crippen LogP contribution in [0.5, 0.6) is 0 Å². The number of carbonyl (C=O) groups is 1. The van der Waals surface area contributed by atoms with Gasteiger partial charge in [0.1, 0.15) is 0 Å². The van der Waals surface area contributed by atoms with Crippen LogP contribution in [-0.4, -0.2) is 31.6 Å². The summed E-state index contributed by atoms with van der Waals surface area (Å²) in [6.45, 7) is 0. The molecule has 0 saturated carbocycles. The number of thiophene rings is 1. The molecule has 2 rings (SSSR count). The topological polar surface area (TPSA) is 68.0 Å².